The zero-order valence-electron chi connectivity index (χ0n) is 13.2. The lowest BCUT2D eigenvalue weighted by Crippen LogP contribution is -2.23. The van der Waals surface area contributed by atoms with Crippen molar-refractivity contribution in [1.29, 1.82) is 0 Å². The molecule has 1 atom stereocenters. The standard InChI is InChI=1S/C15H22N4OS/c1-6-10(4)16-15-17-13(8-21-15)11-7-12(9(2)3)18-19(5)14(11)20/h7-10H,6H2,1-5H3,(H,16,17). The van der Waals surface area contributed by atoms with Crippen molar-refractivity contribution in [2.75, 3.05) is 5.32 Å². The van der Waals surface area contributed by atoms with Gasteiger partial charge in [0.1, 0.15) is 0 Å². The Morgan fingerprint density at radius 3 is 2.71 bits per heavy atom. The highest BCUT2D eigenvalue weighted by atomic mass is 32.1. The molecule has 0 fully saturated rings. The van der Waals surface area contributed by atoms with Gasteiger partial charge in [-0.3, -0.25) is 4.79 Å². The number of hydrogen-bond donors (Lipinski definition) is 1. The van der Waals surface area contributed by atoms with Crippen LogP contribution < -0.4 is 10.9 Å². The lowest BCUT2D eigenvalue weighted by molar-refractivity contribution is 0.655. The van der Waals surface area contributed by atoms with Crippen LogP contribution >= 0.6 is 11.3 Å². The quantitative estimate of drug-likeness (QED) is 0.921. The van der Waals surface area contributed by atoms with Gasteiger partial charge in [-0.15, -0.1) is 11.3 Å². The van der Waals surface area contributed by atoms with Crippen molar-refractivity contribution in [3.8, 4) is 11.3 Å². The third-order valence-corrected chi connectivity index (χ3v) is 4.21. The average molecular weight is 306 g/mol. The van der Waals surface area contributed by atoms with Crippen molar-refractivity contribution in [2.24, 2.45) is 7.05 Å². The molecule has 2 heterocycles. The summed E-state index contributed by atoms with van der Waals surface area (Å²) in [6, 6.07) is 2.23. The second-order valence-electron chi connectivity index (χ2n) is 5.56. The molecule has 0 aliphatic rings. The van der Waals surface area contributed by atoms with Gasteiger partial charge in [-0.2, -0.15) is 5.10 Å². The number of rotatable bonds is 5. The van der Waals surface area contributed by atoms with Crippen LogP contribution in [-0.4, -0.2) is 20.8 Å². The molecule has 0 aromatic carbocycles. The highest BCUT2D eigenvalue weighted by Crippen LogP contribution is 2.24. The second-order valence-corrected chi connectivity index (χ2v) is 6.42. The van der Waals surface area contributed by atoms with Gasteiger partial charge in [-0.1, -0.05) is 20.8 Å². The monoisotopic (exact) mass is 306 g/mol. The first-order chi connectivity index (χ1) is 9.92. The van der Waals surface area contributed by atoms with E-state index in [4.69, 9.17) is 0 Å². The molecule has 6 heteroatoms. The Morgan fingerprint density at radius 1 is 1.38 bits per heavy atom. The van der Waals surface area contributed by atoms with Crippen LogP contribution in [-0.2, 0) is 7.05 Å². The minimum absolute atomic E-state index is 0.111. The fraction of sp³-hybridized carbons (Fsp3) is 0.533. The Balaban J connectivity index is 2.40. The first kappa shape index (κ1) is 15.7. The molecule has 0 amide bonds. The molecule has 2 aromatic rings. The summed E-state index contributed by atoms with van der Waals surface area (Å²) in [7, 11) is 1.68. The van der Waals surface area contributed by atoms with E-state index in [1.165, 1.54) is 16.0 Å². The van der Waals surface area contributed by atoms with Crippen molar-refractivity contribution < 1.29 is 0 Å². The lowest BCUT2D eigenvalue weighted by atomic mass is 10.1. The number of thiazole rings is 1. The zero-order valence-corrected chi connectivity index (χ0v) is 14.0. The molecule has 5 nitrogen and oxygen atoms in total. The molecule has 114 valence electrons. The van der Waals surface area contributed by atoms with Gasteiger partial charge in [0.05, 0.1) is 17.0 Å². The van der Waals surface area contributed by atoms with Crippen LogP contribution in [0.3, 0.4) is 0 Å². The maximum Gasteiger partial charge on any atom is 0.275 e. The van der Waals surface area contributed by atoms with Crippen LogP contribution in [0.2, 0.25) is 0 Å². The third kappa shape index (κ3) is 3.50. The van der Waals surface area contributed by atoms with E-state index in [9.17, 15) is 4.79 Å². The molecular formula is C15H22N4OS. The number of aromatic nitrogens is 3. The number of aryl methyl sites for hydroxylation is 1. The molecule has 0 bridgehead atoms. The Labute approximate surface area is 129 Å². The van der Waals surface area contributed by atoms with E-state index < -0.39 is 0 Å². The van der Waals surface area contributed by atoms with E-state index in [0.717, 1.165) is 22.9 Å². The molecule has 0 saturated heterocycles. The summed E-state index contributed by atoms with van der Waals surface area (Å²) in [5, 5.41) is 10.4. The van der Waals surface area contributed by atoms with E-state index in [-0.39, 0.29) is 11.5 Å². The summed E-state index contributed by atoms with van der Waals surface area (Å²) in [4.78, 5) is 16.8. The Morgan fingerprint density at radius 2 is 2.10 bits per heavy atom. The molecule has 0 aliphatic carbocycles. The van der Waals surface area contributed by atoms with E-state index in [2.05, 4.69) is 43.1 Å². The molecule has 21 heavy (non-hydrogen) atoms. The van der Waals surface area contributed by atoms with Crippen LogP contribution in [0.25, 0.3) is 11.3 Å². The second kappa shape index (κ2) is 6.39. The largest absolute Gasteiger partial charge is 0.359 e. The van der Waals surface area contributed by atoms with Gasteiger partial charge in [0.15, 0.2) is 5.13 Å². The van der Waals surface area contributed by atoms with Crippen molar-refractivity contribution in [3.05, 3.63) is 27.5 Å². The fourth-order valence-electron chi connectivity index (χ4n) is 1.87. The van der Waals surface area contributed by atoms with E-state index in [1.807, 2.05) is 11.4 Å². The van der Waals surface area contributed by atoms with Crippen molar-refractivity contribution in [3.63, 3.8) is 0 Å². The van der Waals surface area contributed by atoms with Gasteiger partial charge < -0.3 is 5.32 Å². The Kier molecular flexibility index (Phi) is 4.77. The number of nitrogens with zero attached hydrogens (tertiary/aromatic N) is 3. The van der Waals surface area contributed by atoms with Gasteiger partial charge in [-0.25, -0.2) is 9.67 Å². The number of nitrogens with one attached hydrogen (secondary N) is 1. The smallest absolute Gasteiger partial charge is 0.275 e. The molecule has 0 aliphatic heterocycles. The first-order valence-electron chi connectivity index (χ1n) is 7.23. The van der Waals surface area contributed by atoms with Gasteiger partial charge in [0.25, 0.3) is 5.56 Å². The van der Waals surface area contributed by atoms with Crippen LogP contribution in [0, 0.1) is 0 Å². The molecule has 0 radical (unpaired) electrons. The Bertz CT molecular complexity index is 675. The van der Waals surface area contributed by atoms with Crippen molar-refractivity contribution in [2.45, 2.75) is 46.1 Å². The molecule has 0 spiro atoms. The topological polar surface area (TPSA) is 59.8 Å². The van der Waals surface area contributed by atoms with E-state index in [0.29, 0.717) is 11.6 Å². The fourth-order valence-corrected chi connectivity index (χ4v) is 2.70. The van der Waals surface area contributed by atoms with Crippen LogP contribution in [0.15, 0.2) is 16.2 Å². The third-order valence-electron chi connectivity index (χ3n) is 3.44. The first-order valence-corrected chi connectivity index (χ1v) is 8.11. The van der Waals surface area contributed by atoms with Crippen molar-refractivity contribution >= 4 is 16.5 Å². The summed E-state index contributed by atoms with van der Waals surface area (Å²) >= 11 is 1.53. The normalized spacial score (nSPS) is 12.7. The van der Waals surface area contributed by atoms with Gasteiger partial charge >= 0.3 is 0 Å². The molecule has 1 unspecified atom stereocenters. The number of hydrogen-bond acceptors (Lipinski definition) is 5. The van der Waals surface area contributed by atoms with Crippen molar-refractivity contribution in [1.82, 2.24) is 14.8 Å². The number of anilines is 1. The summed E-state index contributed by atoms with van der Waals surface area (Å²) in [5.74, 6) is 0.270. The summed E-state index contributed by atoms with van der Waals surface area (Å²) in [6.07, 6.45) is 1.03. The minimum atomic E-state index is -0.111. The van der Waals surface area contributed by atoms with E-state index in [1.54, 1.807) is 7.05 Å². The maximum absolute atomic E-state index is 12.3. The summed E-state index contributed by atoms with van der Waals surface area (Å²) in [5.41, 5.74) is 2.12. The van der Waals surface area contributed by atoms with Crippen LogP contribution in [0.1, 0.15) is 45.7 Å². The van der Waals surface area contributed by atoms with E-state index >= 15 is 0 Å². The maximum atomic E-state index is 12.3. The minimum Gasteiger partial charge on any atom is -0.359 e. The molecular weight excluding hydrogens is 284 g/mol. The van der Waals surface area contributed by atoms with Gasteiger partial charge in [0, 0.05) is 18.5 Å². The Hall–Kier alpha value is -1.69. The summed E-state index contributed by atoms with van der Waals surface area (Å²) in [6.45, 7) is 8.37. The van der Waals surface area contributed by atoms with Crippen LogP contribution in [0.4, 0.5) is 5.13 Å². The highest BCUT2D eigenvalue weighted by Gasteiger charge is 2.14. The van der Waals surface area contributed by atoms with Gasteiger partial charge in [0.2, 0.25) is 0 Å². The molecule has 2 rings (SSSR count). The SMILES string of the molecule is CCC(C)Nc1nc(-c2cc(C(C)C)nn(C)c2=O)cs1. The zero-order chi connectivity index (χ0) is 15.6. The molecule has 1 N–H and O–H groups in total. The predicted molar refractivity (Wildman–Crippen MR) is 88.1 cm³/mol. The highest BCUT2D eigenvalue weighted by molar-refractivity contribution is 7.14. The molecule has 0 saturated carbocycles. The molecule has 2 aromatic heterocycles. The predicted octanol–water partition coefficient (Wildman–Crippen LogP) is 3.24. The van der Waals surface area contributed by atoms with Crippen LogP contribution in [0.5, 0.6) is 0 Å². The van der Waals surface area contributed by atoms with Gasteiger partial charge in [-0.05, 0) is 25.3 Å². The summed E-state index contributed by atoms with van der Waals surface area (Å²) < 4.78 is 1.39. The lowest BCUT2D eigenvalue weighted by Gasteiger charge is -2.09. The average Bonchev–Trinajstić information content (AvgIpc) is 2.89.